The molecule has 2 rings (SSSR count). The second-order valence-electron chi connectivity index (χ2n) is 5.03. The fourth-order valence-corrected chi connectivity index (χ4v) is 4.40. The summed E-state index contributed by atoms with van der Waals surface area (Å²) in [6, 6.07) is 0. The Labute approximate surface area is 91.9 Å². The molecule has 5 heteroatoms. The van der Waals surface area contributed by atoms with Crippen molar-refractivity contribution >= 4 is 10.0 Å². The highest BCUT2D eigenvalue weighted by Crippen LogP contribution is 2.30. The van der Waals surface area contributed by atoms with Gasteiger partial charge in [-0.3, -0.25) is 0 Å². The van der Waals surface area contributed by atoms with Gasteiger partial charge >= 0.3 is 0 Å². The Balaban J connectivity index is 2.03. The zero-order valence-corrected chi connectivity index (χ0v) is 10.1. The van der Waals surface area contributed by atoms with Gasteiger partial charge in [0, 0.05) is 12.1 Å². The van der Waals surface area contributed by atoms with E-state index in [1.165, 1.54) is 0 Å². The summed E-state index contributed by atoms with van der Waals surface area (Å²) in [5.41, 5.74) is -0.179. The summed E-state index contributed by atoms with van der Waals surface area (Å²) in [7, 11) is -3.11. The maximum Gasteiger partial charge on any atom is 0.216 e. The van der Waals surface area contributed by atoms with Crippen LogP contribution < -0.4 is 10.0 Å². The first-order valence-electron chi connectivity index (χ1n) is 5.75. The van der Waals surface area contributed by atoms with Crippen molar-refractivity contribution in [3.05, 3.63) is 0 Å². The van der Waals surface area contributed by atoms with Crippen molar-refractivity contribution in [3.8, 4) is 0 Å². The fraction of sp³-hybridized carbons (Fsp3) is 1.00. The van der Waals surface area contributed by atoms with E-state index in [1.54, 1.807) is 0 Å². The number of rotatable bonds is 3. The van der Waals surface area contributed by atoms with E-state index in [1.807, 2.05) is 6.92 Å². The molecule has 0 aromatic rings. The molecule has 88 valence electrons. The zero-order valence-electron chi connectivity index (χ0n) is 9.25. The van der Waals surface area contributed by atoms with Crippen LogP contribution in [0.2, 0.25) is 0 Å². The second kappa shape index (κ2) is 4.03. The summed E-state index contributed by atoms with van der Waals surface area (Å²) in [5.74, 6) is 0. The Kier molecular flexibility index (Phi) is 3.05. The van der Waals surface area contributed by atoms with Crippen LogP contribution in [0.5, 0.6) is 0 Å². The van der Waals surface area contributed by atoms with E-state index in [9.17, 15) is 8.42 Å². The van der Waals surface area contributed by atoms with Crippen LogP contribution in [-0.2, 0) is 10.0 Å². The third-order valence-electron chi connectivity index (χ3n) is 3.55. The van der Waals surface area contributed by atoms with Crippen molar-refractivity contribution in [3.63, 3.8) is 0 Å². The third kappa shape index (κ3) is 2.52. The highest BCUT2D eigenvalue weighted by molar-refractivity contribution is 7.90. The number of hydrogen-bond acceptors (Lipinski definition) is 3. The van der Waals surface area contributed by atoms with Crippen molar-refractivity contribution in [1.29, 1.82) is 0 Å². The van der Waals surface area contributed by atoms with Gasteiger partial charge in [-0.1, -0.05) is 12.8 Å². The highest BCUT2D eigenvalue weighted by atomic mass is 32.2. The normalized spacial score (nSPS) is 30.9. The molecule has 2 fully saturated rings. The Morgan fingerprint density at radius 1 is 1.33 bits per heavy atom. The number of sulfonamides is 1. The van der Waals surface area contributed by atoms with Crippen molar-refractivity contribution in [2.24, 2.45) is 0 Å². The van der Waals surface area contributed by atoms with Crippen LogP contribution in [0.1, 0.15) is 39.0 Å². The predicted molar refractivity (Wildman–Crippen MR) is 60.2 cm³/mol. The summed E-state index contributed by atoms with van der Waals surface area (Å²) >= 11 is 0. The van der Waals surface area contributed by atoms with Crippen molar-refractivity contribution in [2.45, 2.75) is 49.8 Å². The summed E-state index contributed by atoms with van der Waals surface area (Å²) in [4.78, 5) is 0. The van der Waals surface area contributed by atoms with Gasteiger partial charge in [0.25, 0.3) is 0 Å². The molecule has 4 nitrogen and oxygen atoms in total. The molecule has 0 spiro atoms. The molecule has 1 saturated carbocycles. The molecule has 1 unspecified atom stereocenters. The molecule has 0 amide bonds. The first kappa shape index (κ1) is 11.4. The molecule has 15 heavy (non-hydrogen) atoms. The van der Waals surface area contributed by atoms with Gasteiger partial charge < -0.3 is 5.32 Å². The van der Waals surface area contributed by atoms with E-state index in [0.717, 1.165) is 38.6 Å². The largest absolute Gasteiger partial charge is 0.315 e. The predicted octanol–water partition coefficient (Wildman–Crippen LogP) is 0.600. The van der Waals surface area contributed by atoms with Gasteiger partial charge in [-0.15, -0.1) is 0 Å². The average Bonchev–Trinajstić information content (AvgIpc) is 2.73. The lowest BCUT2D eigenvalue weighted by molar-refractivity contribution is 0.424. The van der Waals surface area contributed by atoms with Crippen LogP contribution in [0.25, 0.3) is 0 Å². The van der Waals surface area contributed by atoms with Gasteiger partial charge in [-0.05, 0) is 32.7 Å². The molecule has 2 aliphatic rings. The Hall–Kier alpha value is -0.130. The monoisotopic (exact) mass is 232 g/mol. The summed E-state index contributed by atoms with van der Waals surface area (Å²) in [6.45, 7) is 3.45. The van der Waals surface area contributed by atoms with E-state index < -0.39 is 10.0 Å². The SMILES string of the molecule is CC1(NS(=O)(=O)C2CCNC2)CCCC1. The molecular weight excluding hydrogens is 212 g/mol. The second-order valence-corrected chi connectivity index (χ2v) is 6.99. The Morgan fingerprint density at radius 2 is 2.00 bits per heavy atom. The summed E-state index contributed by atoms with van der Waals surface area (Å²) in [5, 5.41) is 2.87. The topological polar surface area (TPSA) is 58.2 Å². The third-order valence-corrected chi connectivity index (χ3v) is 5.61. The lowest BCUT2D eigenvalue weighted by Crippen LogP contribution is -2.48. The van der Waals surface area contributed by atoms with E-state index in [0.29, 0.717) is 6.54 Å². The van der Waals surface area contributed by atoms with E-state index in [-0.39, 0.29) is 10.8 Å². The number of hydrogen-bond donors (Lipinski definition) is 2. The van der Waals surface area contributed by atoms with Crippen LogP contribution in [0, 0.1) is 0 Å². The standard InChI is InChI=1S/C10H20N2O2S/c1-10(5-2-3-6-10)12-15(13,14)9-4-7-11-8-9/h9,11-12H,2-8H2,1H3. The van der Waals surface area contributed by atoms with Gasteiger partial charge in [0.2, 0.25) is 10.0 Å². The average molecular weight is 232 g/mol. The zero-order chi connectivity index (χ0) is 10.9. The van der Waals surface area contributed by atoms with Crippen molar-refractivity contribution in [2.75, 3.05) is 13.1 Å². The quantitative estimate of drug-likeness (QED) is 0.749. The maximum absolute atomic E-state index is 12.0. The lowest BCUT2D eigenvalue weighted by atomic mass is 10.0. The number of nitrogens with one attached hydrogen (secondary N) is 2. The van der Waals surface area contributed by atoms with Crippen LogP contribution in [-0.4, -0.2) is 32.3 Å². The minimum absolute atomic E-state index is 0.179. The molecule has 1 atom stereocenters. The molecule has 0 radical (unpaired) electrons. The molecule has 1 aliphatic carbocycles. The fourth-order valence-electron chi connectivity index (χ4n) is 2.58. The van der Waals surface area contributed by atoms with Crippen LogP contribution in [0.4, 0.5) is 0 Å². The molecule has 1 aliphatic heterocycles. The minimum atomic E-state index is -3.11. The van der Waals surface area contributed by atoms with Gasteiger partial charge in [-0.2, -0.15) is 0 Å². The molecule has 1 saturated heterocycles. The van der Waals surface area contributed by atoms with Gasteiger partial charge in [0.05, 0.1) is 5.25 Å². The van der Waals surface area contributed by atoms with E-state index >= 15 is 0 Å². The molecule has 0 bridgehead atoms. The van der Waals surface area contributed by atoms with Crippen molar-refractivity contribution in [1.82, 2.24) is 10.0 Å². The van der Waals surface area contributed by atoms with Crippen LogP contribution >= 0.6 is 0 Å². The summed E-state index contributed by atoms with van der Waals surface area (Å²) < 4.78 is 27.0. The Bertz CT molecular complexity index is 314. The lowest BCUT2D eigenvalue weighted by Gasteiger charge is -2.26. The first-order valence-corrected chi connectivity index (χ1v) is 7.30. The smallest absolute Gasteiger partial charge is 0.216 e. The van der Waals surface area contributed by atoms with E-state index in [4.69, 9.17) is 0 Å². The maximum atomic E-state index is 12.0. The van der Waals surface area contributed by atoms with Gasteiger partial charge in [-0.25, -0.2) is 13.1 Å². The van der Waals surface area contributed by atoms with Crippen molar-refractivity contribution < 1.29 is 8.42 Å². The van der Waals surface area contributed by atoms with Crippen LogP contribution in [0.3, 0.4) is 0 Å². The van der Waals surface area contributed by atoms with Crippen LogP contribution in [0.15, 0.2) is 0 Å². The Morgan fingerprint density at radius 3 is 2.53 bits per heavy atom. The molecule has 0 aromatic heterocycles. The molecule has 0 aromatic carbocycles. The molecule has 2 N–H and O–H groups in total. The highest BCUT2D eigenvalue weighted by Gasteiger charge is 2.37. The molecule has 1 heterocycles. The summed E-state index contributed by atoms with van der Waals surface area (Å²) in [6.07, 6.45) is 4.98. The molecular formula is C10H20N2O2S. The van der Waals surface area contributed by atoms with Gasteiger partial charge in [0.15, 0.2) is 0 Å². The first-order chi connectivity index (χ1) is 7.02. The minimum Gasteiger partial charge on any atom is -0.315 e. The van der Waals surface area contributed by atoms with E-state index in [2.05, 4.69) is 10.0 Å². The van der Waals surface area contributed by atoms with Gasteiger partial charge in [0.1, 0.15) is 0 Å².